The molecule has 0 aromatic heterocycles. The van der Waals surface area contributed by atoms with E-state index < -0.39 is 77.7 Å². The maximum atomic E-state index is 14.4. The zero-order valence-electron chi connectivity index (χ0n) is 28.7. The number of carboxylic acids is 1. The monoisotopic (exact) mass is 664 g/mol. The van der Waals surface area contributed by atoms with Gasteiger partial charge >= 0.3 is 11.9 Å². The first-order valence-electron chi connectivity index (χ1n) is 17.6. The normalized spacial score (nSPS) is 53.7. The lowest BCUT2D eigenvalue weighted by Gasteiger charge is -2.71. The standard InChI is InChI=1S/C36H56O11/c1-31(2)13-14-36(30(45)47-28-27(42)26(41)25(40)20(17-37)46-28)19(15-31)18-7-8-21-32(3)11-10-23(38)35(6,29(43)44)22(32)9-12-33(21,4)34(18,5)16-24(36)39/h7,19-28,37-42H,8-17H2,1-6H3,(H,43,44)/t19-,20+,21+,22+,23-,24+,25+,26-,27+,28-,32+,33+,34+,35-,36+/m0/s1. The number of allylic oxidation sites excluding steroid dienone is 2. The summed E-state index contributed by atoms with van der Waals surface area (Å²) in [7, 11) is 0. The SMILES string of the molecule is CC1(C)CC[C@]2(C(=O)O[C@@H]3O[C@H](CO)[C@@H](O)[C@H](O)[C@H]3O)[C@H](O)C[C@]3(C)C(=CC[C@@H]4[C@@]5(C)CC[C@H](O)[C@@](C)(C(=O)O)[C@@H]5CC[C@]43C)[C@@H]2C1. The third-order valence-corrected chi connectivity index (χ3v) is 15.2. The van der Waals surface area contributed by atoms with Crippen molar-refractivity contribution >= 4 is 11.9 Å². The van der Waals surface area contributed by atoms with Crippen LogP contribution in [0.2, 0.25) is 0 Å². The van der Waals surface area contributed by atoms with Crippen LogP contribution in [-0.4, -0.2) is 97.2 Å². The summed E-state index contributed by atoms with van der Waals surface area (Å²) in [5, 5.41) is 74.7. The average Bonchev–Trinajstić information content (AvgIpc) is 2.99. The largest absolute Gasteiger partial charge is 0.481 e. The molecular weight excluding hydrogens is 608 g/mol. The first-order chi connectivity index (χ1) is 21.7. The van der Waals surface area contributed by atoms with Crippen LogP contribution in [0.4, 0.5) is 0 Å². The van der Waals surface area contributed by atoms with Gasteiger partial charge in [0, 0.05) is 0 Å². The summed E-state index contributed by atoms with van der Waals surface area (Å²) in [5.41, 5.74) is -2.77. The quantitative estimate of drug-likeness (QED) is 0.172. The number of carbonyl (C=O) groups excluding carboxylic acids is 1. The molecule has 0 bridgehead atoms. The van der Waals surface area contributed by atoms with Gasteiger partial charge in [-0.1, -0.05) is 46.3 Å². The molecule has 0 spiro atoms. The highest BCUT2D eigenvalue weighted by atomic mass is 16.7. The summed E-state index contributed by atoms with van der Waals surface area (Å²) in [5.74, 6) is -2.16. The van der Waals surface area contributed by atoms with Crippen molar-refractivity contribution in [2.75, 3.05) is 6.61 Å². The molecule has 5 aliphatic carbocycles. The van der Waals surface area contributed by atoms with E-state index in [1.165, 1.54) is 0 Å². The molecule has 5 fully saturated rings. The molecule has 0 radical (unpaired) electrons. The molecule has 1 heterocycles. The van der Waals surface area contributed by atoms with Gasteiger partial charge in [0.1, 0.15) is 29.8 Å². The van der Waals surface area contributed by atoms with Crippen LogP contribution in [-0.2, 0) is 19.1 Å². The van der Waals surface area contributed by atoms with Crippen LogP contribution in [0.3, 0.4) is 0 Å². The second-order valence-corrected chi connectivity index (χ2v) is 17.7. The lowest BCUT2D eigenvalue weighted by atomic mass is 9.33. The van der Waals surface area contributed by atoms with E-state index in [1.807, 2.05) is 0 Å². The number of aliphatic carboxylic acids is 1. The van der Waals surface area contributed by atoms with E-state index in [2.05, 4.69) is 40.7 Å². The number of aliphatic hydroxyl groups is 6. The Bertz CT molecular complexity index is 1310. The van der Waals surface area contributed by atoms with E-state index in [-0.39, 0.29) is 34.0 Å². The van der Waals surface area contributed by atoms with Crippen LogP contribution in [0.1, 0.15) is 99.3 Å². The Balaban J connectivity index is 1.39. The summed E-state index contributed by atoms with van der Waals surface area (Å²) in [6, 6.07) is 0. The number of carbonyl (C=O) groups is 2. The van der Waals surface area contributed by atoms with Gasteiger partial charge in [-0.15, -0.1) is 0 Å². The summed E-state index contributed by atoms with van der Waals surface area (Å²) >= 11 is 0. The van der Waals surface area contributed by atoms with Gasteiger partial charge in [-0.3, -0.25) is 9.59 Å². The van der Waals surface area contributed by atoms with Crippen molar-refractivity contribution < 1.29 is 54.8 Å². The topological polar surface area (TPSA) is 194 Å². The molecule has 11 heteroatoms. The van der Waals surface area contributed by atoms with E-state index in [1.54, 1.807) is 6.92 Å². The molecule has 0 aromatic carbocycles. The van der Waals surface area contributed by atoms with Gasteiger partial charge in [0.25, 0.3) is 0 Å². The van der Waals surface area contributed by atoms with Crippen LogP contribution in [0.15, 0.2) is 11.6 Å². The Morgan fingerprint density at radius 1 is 0.851 bits per heavy atom. The minimum absolute atomic E-state index is 0.103. The van der Waals surface area contributed by atoms with Gasteiger partial charge in [0.2, 0.25) is 6.29 Å². The van der Waals surface area contributed by atoms with Gasteiger partial charge in [-0.05, 0) is 104 Å². The molecule has 7 N–H and O–H groups in total. The molecule has 47 heavy (non-hydrogen) atoms. The molecule has 1 aliphatic heterocycles. The lowest BCUT2D eigenvalue weighted by molar-refractivity contribution is -0.299. The second-order valence-electron chi connectivity index (χ2n) is 17.7. The first-order valence-corrected chi connectivity index (χ1v) is 17.6. The van der Waals surface area contributed by atoms with Crippen molar-refractivity contribution in [2.45, 2.75) is 142 Å². The summed E-state index contributed by atoms with van der Waals surface area (Å²) in [6.07, 6.45) is -2.51. The maximum absolute atomic E-state index is 14.4. The maximum Gasteiger partial charge on any atom is 0.317 e. The summed E-state index contributed by atoms with van der Waals surface area (Å²) < 4.78 is 11.4. The number of ether oxygens (including phenoxy) is 2. The van der Waals surface area contributed by atoms with Gasteiger partial charge < -0.3 is 45.2 Å². The molecular formula is C36H56O11. The Morgan fingerprint density at radius 2 is 1.53 bits per heavy atom. The zero-order valence-corrected chi connectivity index (χ0v) is 28.7. The fourth-order valence-corrected chi connectivity index (χ4v) is 12.1. The fourth-order valence-electron chi connectivity index (χ4n) is 12.1. The molecule has 6 rings (SSSR count). The van der Waals surface area contributed by atoms with E-state index in [0.717, 1.165) is 18.4 Å². The fraction of sp³-hybridized carbons (Fsp3) is 0.889. The van der Waals surface area contributed by atoms with Crippen LogP contribution >= 0.6 is 0 Å². The molecule has 1 saturated heterocycles. The minimum atomic E-state index is -1.74. The van der Waals surface area contributed by atoms with Gasteiger partial charge in [0.05, 0.1) is 24.2 Å². The van der Waals surface area contributed by atoms with E-state index in [9.17, 15) is 45.3 Å². The number of rotatable bonds is 4. The molecule has 4 saturated carbocycles. The Kier molecular flexibility index (Phi) is 8.40. The summed E-state index contributed by atoms with van der Waals surface area (Å²) in [4.78, 5) is 27.1. The molecule has 266 valence electrons. The van der Waals surface area contributed by atoms with Crippen LogP contribution < -0.4 is 0 Å². The van der Waals surface area contributed by atoms with E-state index in [0.29, 0.717) is 44.9 Å². The second kappa shape index (κ2) is 11.2. The van der Waals surface area contributed by atoms with Crippen molar-refractivity contribution in [3.8, 4) is 0 Å². The Labute approximate surface area is 277 Å². The van der Waals surface area contributed by atoms with E-state index >= 15 is 0 Å². The first kappa shape index (κ1) is 35.2. The molecule has 0 aromatic rings. The number of esters is 1. The van der Waals surface area contributed by atoms with E-state index in [4.69, 9.17) is 9.47 Å². The average molecular weight is 665 g/mol. The number of aliphatic hydroxyl groups excluding tert-OH is 6. The molecule has 15 atom stereocenters. The van der Waals surface area contributed by atoms with Crippen LogP contribution in [0.5, 0.6) is 0 Å². The summed E-state index contributed by atoms with van der Waals surface area (Å²) in [6.45, 7) is 12.1. The molecule has 11 nitrogen and oxygen atoms in total. The predicted octanol–water partition coefficient (Wildman–Crippen LogP) is 2.53. The molecule has 0 unspecified atom stereocenters. The van der Waals surface area contributed by atoms with Crippen molar-refractivity contribution in [1.82, 2.24) is 0 Å². The third kappa shape index (κ3) is 4.62. The number of hydrogen-bond donors (Lipinski definition) is 7. The number of hydrogen-bond acceptors (Lipinski definition) is 10. The molecule has 0 amide bonds. The highest BCUT2D eigenvalue weighted by Gasteiger charge is 2.72. The van der Waals surface area contributed by atoms with Crippen molar-refractivity contribution in [3.63, 3.8) is 0 Å². The van der Waals surface area contributed by atoms with Crippen LogP contribution in [0, 0.1) is 50.2 Å². The highest BCUT2D eigenvalue weighted by molar-refractivity contribution is 5.80. The Hall–Kier alpha value is -1.60. The number of fused-ring (bicyclic) bond motifs is 7. The van der Waals surface area contributed by atoms with Gasteiger partial charge in [-0.2, -0.15) is 0 Å². The zero-order chi connectivity index (χ0) is 34.7. The van der Waals surface area contributed by atoms with Crippen LogP contribution in [0.25, 0.3) is 0 Å². The van der Waals surface area contributed by atoms with Gasteiger partial charge in [0.15, 0.2) is 0 Å². The van der Waals surface area contributed by atoms with Crippen molar-refractivity contribution in [1.29, 1.82) is 0 Å². The van der Waals surface area contributed by atoms with Crippen molar-refractivity contribution in [3.05, 3.63) is 11.6 Å². The number of carboxylic acid groups (broad SMARTS) is 1. The van der Waals surface area contributed by atoms with Crippen molar-refractivity contribution in [2.24, 2.45) is 50.2 Å². The highest BCUT2D eigenvalue weighted by Crippen LogP contribution is 2.76. The predicted molar refractivity (Wildman–Crippen MR) is 168 cm³/mol. The minimum Gasteiger partial charge on any atom is -0.481 e. The van der Waals surface area contributed by atoms with Gasteiger partial charge in [-0.25, -0.2) is 0 Å². The lowest BCUT2D eigenvalue weighted by Crippen LogP contribution is -2.68. The Morgan fingerprint density at radius 3 is 2.17 bits per heavy atom. The third-order valence-electron chi connectivity index (χ3n) is 15.2. The smallest absolute Gasteiger partial charge is 0.317 e. The molecule has 6 aliphatic rings.